The van der Waals surface area contributed by atoms with Gasteiger partial charge in [-0.1, -0.05) is 10.0 Å². The number of nitrogens with zero attached hydrogens (tertiary/aromatic N) is 4. The fourth-order valence-corrected chi connectivity index (χ4v) is 3.20. The van der Waals surface area contributed by atoms with Crippen LogP contribution in [0.2, 0.25) is 0 Å². The van der Waals surface area contributed by atoms with Crippen molar-refractivity contribution in [3.63, 3.8) is 0 Å². The van der Waals surface area contributed by atoms with Gasteiger partial charge in [-0.05, 0) is 50.9 Å². The Morgan fingerprint density at radius 3 is 2.79 bits per heavy atom. The topological polar surface area (TPSA) is 165 Å². The van der Waals surface area contributed by atoms with Crippen LogP contribution in [0.4, 0.5) is 10.2 Å². The summed E-state index contributed by atoms with van der Waals surface area (Å²) in [5.41, 5.74) is 0.276. The molecule has 0 amide bonds. The third kappa shape index (κ3) is 4.27. The molecule has 0 saturated carbocycles. The molecule has 0 aliphatic carbocycles. The van der Waals surface area contributed by atoms with Gasteiger partial charge < -0.3 is 10.5 Å². The van der Waals surface area contributed by atoms with E-state index in [-0.39, 0.29) is 46.2 Å². The minimum absolute atomic E-state index is 0.0226. The van der Waals surface area contributed by atoms with Gasteiger partial charge in [-0.2, -0.15) is 0 Å². The fourth-order valence-electron chi connectivity index (χ4n) is 2.22. The molecule has 28 heavy (non-hydrogen) atoms. The Kier molecular flexibility index (Phi) is 5.87. The van der Waals surface area contributed by atoms with Crippen molar-refractivity contribution >= 4 is 31.8 Å². The summed E-state index contributed by atoms with van der Waals surface area (Å²) < 4.78 is 46.3. The van der Waals surface area contributed by atoms with Crippen molar-refractivity contribution in [3.05, 3.63) is 39.0 Å². The number of hydrogen-bond acceptors (Lipinski definition) is 10. The van der Waals surface area contributed by atoms with Crippen LogP contribution < -0.4 is 16.0 Å². The van der Waals surface area contributed by atoms with Crippen LogP contribution in [-0.4, -0.2) is 46.0 Å². The first-order chi connectivity index (χ1) is 13.3. The SMILES string of the molecule is O=c1onc(-c2nonc2NCCCS(=O)(=O)NO)n1-c1ccc(F)c(Br)c1. The van der Waals surface area contributed by atoms with Gasteiger partial charge in [-0.25, -0.2) is 26.8 Å². The molecule has 3 N–H and O–H groups in total. The lowest BCUT2D eigenvalue weighted by atomic mass is 10.3. The van der Waals surface area contributed by atoms with Crippen molar-refractivity contribution in [2.45, 2.75) is 6.42 Å². The molecule has 3 rings (SSSR count). The Morgan fingerprint density at radius 1 is 1.29 bits per heavy atom. The number of aromatic nitrogens is 4. The molecular weight excluding hydrogens is 467 g/mol. The monoisotopic (exact) mass is 478 g/mol. The summed E-state index contributed by atoms with van der Waals surface area (Å²) in [5.74, 6) is -1.68. The highest BCUT2D eigenvalue weighted by Gasteiger charge is 2.23. The molecule has 0 bridgehead atoms. The molecule has 15 heteroatoms. The predicted molar refractivity (Wildman–Crippen MR) is 94.9 cm³/mol. The molecule has 0 atom stereocenters. The number of nitrogens with one attached hydrogen (secondary N) is 2. The predicted octanol–water partition coefficient (Wildman–Crippen LogP) is 0.888. The van der Waals surface area contributed by atoms with E-state index in [1.807, 2.05) is 0 Å². The third-order valence-electron chi connectivity index (χ3n) is 3.49. The van der Waals surface area contributed by atoms with Crippen LogP contribution in [0.1, 0.15) is 6.42 Å². The highest BCUT2D eigenvalue weighted by atomic mass is 79.9. The van der Waals surface area contributed by atoms with Crippen LogP contribution in [0.15, 0.2) is 36.6 Å². The number of anilines is 1. The Hall–Kier alpha value is -2.62. The smallest absolute Gasteiger partial charge is 0.365 e. The van der Waals surface area contributed by atoms with Crippen molar-refractivity contribution in [3.8, 4) is 17.2 Å². The van der Waals surface area contributed by atoms with Gasteiger partial charge in [0.1, 0.15) is 5.82 Å². The van der Waals surface area contributed by atoms with E-state index in [1.54, 1.807) is 0 Å². The normalized spacial score (nSPS) is 11.7. The molecule has 0 spiro atoms. The number of hydrogen-bond donors (Lipinski definition) is 3. The molecular formula is C13H12BrFN6O6S. The van der Waals surface area contributed by atoms with Crippen molar-refractivity contribution in [2.75, 3.05) is 17.6 Å². The van der Waals surface area contributed by atoms with Gasteiger partial charge in [0.05, 0.1) is 15.9 Å². The second-order valence-electron chi connectivity index (χ2n) is 5.36. The van der Waals surface area contributed by atoms with E-state index < -0.39 is 21.6 Å². The largest absolute Gasteiger partial charge is 0.446 e. The van der Waals surface area contributed by atoms with Crippen LogP contribution in [0.5, 0.6) is 0 Å². The molecule has 0 fully saturated rings. The molecule has 3 aromatic rings. The molecule has 2 aromatic heterocycles. The summed E-state index contributed by atoms with van der Waals surface area (Å²) >= 11 is 3.04. The lowest BCUT2D eigenvalue weighted by Crippen LogP contribution is -2.24. The minimum atomic E-state index is -3.77. The van der Waals surface area contributed by atoms with Crippen LogP contribution in [-0.2, 0) is 10.0 Å². The van der Waals surface area contributed by atoms with E-state index in [0.717, 1.165) is 10.6 Å². The van der Waals surface area contributed by atoms with E-state index >= 15 is 0 Å². The summed E-state index contributed by atoms with van der Waals surface area (Å²) in [5, 5.41) is 22.2. The molecule has 0 aliphatic rings. The maximum absolute atomic E-state index is 13.5. The summed E-state index contributed by atoms with van der Waals surface area (Å²) in [6, 6.07) is 3.85. The van der Waals surface area contributed by atoms with Crippen molar-refractivity contribution in [1.82, 2.24) is 24.9 Å². The van der Waals surface area contributed by atoms with Crippen LogP contribution in [0.3, 0.4) is 0 Å². The van der Waals surface area contributed by atoms with E-state index in [9.17, 15) is 17.6 Å². The van der Waals surface area contributed by atoms with Gasteiger partial charge in [0.15, 0.2) is 5.69 Å². The van der Waals surface area contributed by atoms with Crippen molar-refractivity contribution in [1.29, 1.82) is 0 Å². The van der Waals surface area contributed by atoms with Crippen molar-refractivity contribution in [2.24, 2.45) is 0 Å². The van der Waals surface area contributed by atoms with Gasteiger partial charge >= 0.3 is 5.76 Å². The summed E-state index contributed by atoms with van der Waals surface area (Å²) in [6.07, 6.45) is 0.124. The Labute approximate surface area is 164 Å². The zero-order chi connectivity index (χ0) is 20.3. The average Bonchev–Trinajstić information content (AvgIpc) is 3.27. The lowest BCUT2D eigenvalue weighted by Gasteiger charge is -2.06. The zero-order valence-corrected chi connectivity index (χ0v) is 16.2. The molecule has 1 aromatic carbocycles. The Balaban J connectivity index is 1.85. The molecule has 0 unspecified atom stereocenters. The van der Waals surface area contributed by atoms with E-state index in [1.165, 1.54) is 17.0 Å². The number of rotatable bonds is 8. The van der Waals surface area contributed by atoms with Gasteiger partial charge in [0.2, 0.25) is 21.7 Å². The Morgan fingerprint density at radius 2 is 2.07 bits per heavy atom. The Bertz CT molecular complexity index is 1140. The molecule has 2 heterocycles. The van der Waals surface area contributed by atoms with Crippen LogP contribution in [0, 0.1) is 5.82 Å². The maximum atomic E-state index is 13.5. The van der Waals surface area contributed by atoms with Gasteiger partial charge in [0, 0.05) is 6.54 Å². The fraction of sp³-hybridized carbons (Fsp3) is 0.231. The summed E-state index contributed by atoms with van der Waals surface area (Å²) in [4.78, 5) is 13.3. The number of benzene rings is 1. The molecule has 150 valence electrons. The first-order valence-electron chi connectivity index (χ1n) is 7.57. The van der Waals surface area contributed by atoms with E-state index in [2.05, 4.69) is 45.9 Å². The standard InChI is InChI=1S/C13H12BrFN6O6S/c14-8-6-7(2-3-9(8)15)21-12(19-26-13(21)22)10-11(18-27-17-10)16-4-1-5-28(24,25)20-23/h2-3,6,20,23H,1,4-5H2,(H,16,18). The minimum Gasteiger partial charge on any atom is -0.365 e. The second kappa shape index (κ2) is 8.17. The first-order valence-corrected chi connectivity index (χ1v) is 10.0. The highest BCUT2D eigenvalue weighted by Crippen LogP contribution is 2.26. The summed E-state index contributed by atoms with van der Waals surface area (Å²) in [7, 11) is -3.77. The number of sulfonamides is 1. The molecule has 0 radical (unpaired) electrons. The van der Waals surface area contributed by atoms with E-state index in [4.69, 9.17) is 5.21 Å². The average molecular weight is 479 g/mol. The summed E-state index contributed by atoms with van der Waals surface area (Å²) in [6.45, 7) is 0.131. The van der Waals surface area contributed by atoms with Crippen LogP contribution >= 0.6 is 15.9 Å². The number of halogens is 2. The quantitative estimate of drug-likeness (QED) is 0.312. The van der Waals surface area contributed by atoms with Gasteiger partial charge in [0.25, 0.3) is 0 Å². The van der Waals surface area contributed by atoms with Gasteiger partial charge in [-0.15, -0.1) is 0 Å². The third-order valence-corrected chi connectivity index (χ3v) is 5.20. The van der Waals surface area contributed by atoms with E-state index in [0.29, 0.717) is 0 Å². The maximum Gasteiger partial charge on any atom is 0.446 e. The lowest BCUT2D eigenvalue weighted by molar-refractivity contribution is 0.242. The zero-order valence-electron chi connectivity index (χ0n) is 13.8. The molecule has 0 saturated heterocycles. The second-order valence-corrected chi connectivity index (χ2v) is 8.03. The van der Waals surface area contributed by atoms with Crippen LogP contribution in [0.25, 0.3) is 17.2 Å². The molecule has 12 nitrogen and oxygen atoms in total. The van der Waals surface area contributed by atoms with Crippen molar-refractivity contribution < 1.29 is 27.2 Å². The highest BCUT2D eigenvalue weighted by molar-refractivity contribution is 9.10. The van der Waals surface area contributed by atoms with Gasteiger partial charge in [-0.3, -0.25) is 4.52 Å². The molecule has 0 aliphatic heterocycles. The first kappa shape index (κ1) is 20.1.